The number of benzene rings is 1. The molecule has 1 heterocycles. The second-order valence-electron chi connectivity index (χ2n) is 2.79. The summed E-state index contributed by atoms with van der Waals surface area (Å²) in [4.78, 5) is 4.36. The Morgan fingerprint density at radius 1 is 1.07 bits per heavy atom. The fourth-order valence-electron chi connectivity index (χ4n) is 1.20. The van der Waals surface area contributed by atoms with Gasteiger partial charge < -0.3 is 0 Å². The van der Waals surface area contributed by atoms with E-state index in [1.165, 1.54) is 0 Å². The average Bonchev–Trinajstić information content (AvgIpc) is 2.21. The number of nitrogens with zero attached hydrogens (tertiary/aromatic N) is 1. The molecule has 1 nitrogen and oxygen atoms in total. The maximum absolute atomic E-state index is 5.83. The van der Waals surface area contributed by atoms with E-state index < -0.39 is 0 Å². The van der Waals surface area contributed by atoms with Crippen molar-refractivity contribution in [3.63, 3.8) is 0 Å². The fraction of sp³-hybridized carbons (Fsp3) is 0.250. The Morgan fingerprint density at radius 2 is 1.79 bits per heavy atom. The van der Waals surface area contributed by atoms with Crippen molar-refractivity contribution < 1.29 is 0 Å². The molecule has 0 radical (unpaired) electrons. The molecule has 2 rings (SSSR count). The number of halogens is 1. The number of aryl methyl sites for hydroxylation is 1. The van der Waals surface area contributed by atoms with Crippen LogP contribution in [0.5, 0.6) is 0 Å². The van der Waals surface area contributed by atoms with Gasteiger partial charge in [-0.3, -0.25) is 4.98 Å². The normalized spacial score (nSPS) is 9.43. The molecule has 0 saturated carbocycles. The summed E-state index contributed by atoms with van der Waals surface area (Å²) in [5.41, 5.74) is 2.03. The van der Waals surface area contributed by atoms with Crippen LogP contribution in [0.4, 0.5) is 0 Å². The van der Waals surface area contributed by atoms with Gasteiger partial charge in [-0.25, -0.2) is 0 Å². The smallest absolute Gasteiger partial charge is 0.0706 e. The maximum atomic E-state index is 5.83. The summed E-state index contributed by atoms with van der Waals surface area (Å²) in [5, 5.41) is 1.85. The van der Waals surface area contributed by atoms with Crippen LogP contribution in [-0.2, 0) is 0 Å². The largest absolute Gasteiger partial charge is 0.253 e. The number of hydrogen-bond donors (Lipinski definition) is 0. The molecule has 1 aromatic carbocycles. The summed E-state index contributed by atoms with van der Waals surface area (Å²) >= 11 is 5.83. The summed E-state index contributed by atoms with van der Waals surface area (Å²) in [6, 6.07) is 9.73. The number of rotatable bonds is 0. The minimum Gasteiger partial charge on any atom is -0.253 e. The van der Waals surface area contributed by atoms with Crippen molar-refractivity contribution in [2.75, 3.05) is 0 Å². The van der Waals surface area contributed by atoms with E-state index in [9.17, 15) is 0 Å². The Hall–Kier alpha value is -1.08. The summed E-state index contributed by atoms with van der Waals surface area (Å²) in [6.45, 7) is 5.98. The standard InChI is InChI=1S/C10H8ClN.C2H6/c1-7-2-3-8-6-9(11)4-5-10(8)12-7;1-2/h2-6H,1H3;1-2H3. The van der Waals surface area contributed by atoms with Gasteiger partial charge in [0, 0.05) is 16.1 Å². The third-order valence-electron chi connectivity index (χ3n) is 1.79. The number of fused-ring (bicyclic) bond motifs is 1. The Morgan fingerprint density at radius 3 is 2.50 bits per heavy atom. The molecular formula is C12H14ClN. The van der Waals surface area contributed by atoms with E-state index in [2.05, 4.69) is 4.98 Å². The third kappa shape index (κ3) is 2.46. The summed E-state index contributed by atoms with van der Waals surface area (Å²) < 4.78 is 0. The van der Waals surface area contributed by atoms with Crippen LogP contribution in [0.15, 0.2) is 30.3 Å². The molecule has 1 aromatic heterocycles. The van der Waals surface area contributed by atoms with E-state index in [0.29, 0.717) is 0 Å². The third-order valence-corrected chi connectivity index (χ3v) is 2.03. The average molecular weight is 208 g/mol. The van der Waals surface area contributed by atoms with Crippen LogP contribution in [0.1, 0.15) is 19.5 Å². The van der Waals surface area contributed by atoms with Gasteiger partial charge in [-0.1, -0.05) is 31.5 Å². The van der Waals surface area contributed by atoms with Gasteiger partial charge in [0.25, 0.3) is 0 Å². The summed E-state index contributed by atoms with van der Waals surface area (Å²) in [6.07, 6.45) is 0. The molecule has 0 bridgehead atoms. The van der Waals surface area contributed by atoms with Crippen molar-refractivity contribution in [3.05, 3.63) is 41.0 Å². The van der Waals surface area contributed by atoms with Crippen molar-refractivity contribution >= 4 is 22.5 Å². The minimum atomic E-state index is 0.758. The number of hydrogen-bond acceptors (Lipinski definition) is 1. The lowest BCUT2D eigenvalue weighted by Crippen LogP contribution is -1.81. The second-order valence-corrected chi connectivity index (χ2v) is 3.23. The Labute approximate surface area is 89.7 Å². The van der Waals surface area contributed by atoms with Crippen LogP contribution in [-0.4, -0.2) is 4.98 Å². The molecule has 74 valence electrons. The predicted molar refractivity (Wildman–Crippen MR) is 62.8 cm³/mol. The molecule has 2 aromatic rings. The van der Waals surface area contributed by atoms with E-state index in [1.54, 1.807) is 0 Å². The first-order chi connectivity index (χ1) is 6.75. The van der Waals surface area contributed by atoms with Crippen molar-refractivity contribution in [2.45, 2.75) is 20.8 Å². The van der Waals surface area contributed by atoms with E-state index in [4.69, 9.17) is 11.6 Å². The van der Waals surface area contributed by atoms with Crippen LogP contribution in [0, 0.1) is 6.92 Å². The van der Waals surface area contributed by atoms with Crippen LogP contribution in [0.25, 0.3) is 10.9 Å². The molecular weight excluding hydrogens is 194 g/mol. The lowest BCUT2D eigenvalue weighted by atomic mass is 10.2. The molecule has 0 unspecified atom stereocenters. The first-order valence-electron chi connectivity index (χ1n) is 4.78. The summed E-state index contributed by atoms with van der Waals surface area (Å²) in [5.74, 6) is 0. The molecule has 0 spiro atoms. The molecule has 2 heteroatoms. The Bertz CT molecular complexity index is 382. The lowest BCUT2D eigenvalue weighted by Gasteiger charge is -1.98. The van der Waals surface area contributed by atoms with E-state index in [1.807, 2.05) is 51.1 Å². The highest BCUT2D eigenvalue weighted by Crippen LogP contribution is 2.17. The minimum absolute atomic E-state index is 0.758. The van der Waals surface area contributed by atoms with Crippen molar-refractivity contribution in [2.24, 2.45) is 0 Å². The van der Waals surface area contributed by atoms with E-state index in [-0.39, 0.29) is 0 Å². The van der Waals surface area contributed by atoms with Crippen LogP contribution < -0.4 is 0 Å². The zero-order valence-electron chi connectivity index (χ0n) is 8.71. The van der Waals surface area contributed by atoms with Gasteiger partial charge in [-0.05, 0) is 31.2 Å². The van der Waals surface area contributed by atoms with Crippen molar-refractivity contribution in [3.8, 4) is 0 Å². The molecule has 0 aliphatic carbocycles. The number of pyridine rings is 1. The van der Waals surface area contributed by atoms with Crippen LogP contribution in [0.3, 0.4) is 0 Å². The lowest BCUT2D eigenvalue weighted by molar-refractivity contribution is 1.26. The fourth-order valence-corrected chi connectivity index (χ4v) is 1.38. The highest BCUT2D eigenvalue weighted by Gasteiger charge is 1.95. The quantitative estimate of drug-likeness (QED) is 0.630. The second kappa shape index (κ2) is 4.97. The zero-order valence-corrected chi connectivity index (χ0v) is 9.47. The Kier molecular flexibility index (Phi) is 3.90. The molecule has 0 atom stereocenters. The van der Waals surface area contributed by atoms with Gasteiger partial charge in [0.15, 0.2) is 0 Å². The van der Waals surface area contributed by atoms with Gasteiger partial charge >= 0.3 is 0 Å². The first kappa shape index (κ1) is 11.0. The molecule has 0 saturated heterocycles. The zero-order chi connectivity index (χ0) is 10.6. The Balaban J connectivity index is 0.000000461. The SMILES string of the molecule is CC.Cc1ccc2cc(Cl)ccc2n1. The van der Waals surface area contributed by atoms with E-state index in [0.717, 1.165) is 21.6 Å². The van der Waals surface area contributed by atoms with Crippen molar-refractivity contribution in [1.82, 2.24) is 4.98 Å². The van der Waals surface area contributed by atoms with Gasteiger partial charge in [0.05, 0.1) is 5.52 Å². The predicted octanol–water partition coefficient (Wildman–Crippen LogP) is 4.22. The maximum Gasteiger partial charge on any atom is 0.0706 e. The number of aromatic nitrogens is 1. The molecule has 0 amide bonds. The molecule has 0 aliphatic heterocycles. The van der Waals surface area contributed by atoms with Gasteiger partial charge in [0.1, 0.15) is 0 Å². The summed E-state index contributed by atoms with van der Waals surface area (Å²) in [7, 11) is 0. The van der Waals surface area contributed by atoms with Crippen molar-refractivity contribution in [1.29, 1.82) is 0 Å². The molecule has 0 fully saturated rings. The van der Waals surface area contributed by atoms with Crippen LogP contribution in [0.2, 0.25) is 5.02 Å². The van der Waals surface area contributed by atoms with Gasteiger partial charge in [0.2, 0.25) is 0 Å². The first-order valence-corrected chi connectivity index (χ1v) is 5.16. The van der Waals surface area contributed by atoms with Gasteiger partial charge in [-0.2, -0.15) is 0 Å². The van der Waals surface area contributed by atoms with E-state index >= 15 is 0 Å². The highest BCUT2D eigenvalue weighted by atomic mass is 35.5. The van der Waals surface area contributed by atoms with Gasteiger partial charge in [-0.15, -0.1) is 0 Å². The molecule has 0 aliphatic rings. The monoisotopic (exact) mass is 207 g/mol. The molecule has 14 heavy (non-hydrogen) atoms. The highest BCUT2D eigenvalue weighted by molar-refractivity contribution is 6.31. The van der Waals surface area contributed by atoms with Crippen LogP contribution >= 0.6 is 11.6 Å². The molecule has 0 N–H and O–H groups in total. The topological polar surface area (TPSA) is 12.9 Å².